The predicted octanol–water partition coefficient (Wildman–Crippen LogP) is 4.47. The molecule has 1 aromatic heterocycles. The highest BCUT2D eigenvalue weighted by Gasteiger charge is 2.17. The van der Waals surface area contributed by atoms with Gasteiger partial charge in [0, 0.05) is 25.5 Å². The fourth-order valence-electron chi connectivity index (χ4n) is 2.15. The molecular weight excluding hydrogens is 290 g/mol. The minimum atomic E-state index is -0.518. The normalized spacial score (nSPS) is 11.1. The lowest BCUT2D eigenvalue weighted by molar-refractivity contribution is 0.0636. The van der Waals surface area contributed by atoms with E-state index in [9.17, 15) is 4.79 Å². The quantitative estimate of drug-likeness (QED) is 0.856. The average molecular weight is 315 g/mol. The average Bonchev–Trinajstić information content (AvgIpc) is 2.92. The molecule has 0 fully saturated rings. The molecule has 1 amide bonds. The van der Waals surface area contributed by atoms with Crippen LogP contribution in [0.4, 0.5) is 16.2 Å². The van der Waals surface area contributed by atoms with Gasteiger partial charge in [0.25, 0.3) is 0 Å². The van der Waals surface area contributed by atoms with E-state index in [1.165, 1.54) is 5.56 Å². The van der Waals surface area contributed by atoms with Crippen LogP contribution in [0.1, 0.15) is 33.3 Å². The van der Waals surface area contributed by atoms with Crippen molar-refractivity contribution < 1.29 is 9.53 Å². The molecule has 2 N–H and O–H groups in total. The number of anilines is 2. The lowest BCUT2D eigenvalue weighted by atomic mass is 10.2. The zero-order valence-corrected chi connectivity index (χ0v) is 14.2. The van der Waals surface area contributed by atoms with Gasteiger partial charge in [-0.25, -0.2) is 4.79 Å². The lowest BCUT2D eigenvalue weighted by Gasteiger charge is -2.20. The summed E-state index contributed by atoms with van der Waals surface area (Å²) in [6.07, 6.45) is 3.71. The van der Waals surface area contributed by atoms with Gasteiger partial charge in [0.1, 0.15) is 5.60 Å². The number of nitrogens with one attached hydrogen (secondary N) is 2. The highest BCUT2D eigenvalue weighted by molar-refractivity contribution is 5.89. The van der Waals surface area contributed by atoms with Crippen LogP contribution >= 0.6 is 0 Å². The molecule has 23 heavy (non-hydrogen) atoms. The monoisotopic (exact) mass is 315 g/mol. The Bertz CT molecular complexity index is 656. The summed E-state index contributed by atoms with van der Waals surface area (Å²) in [4.78, 5) is 11.9. The summed E-state index contributed by atoms with van der Waals surface area (Å²) in [5.74, 6) is 0. The Morgan fingerprint density at radius 2 is 1.87 bits per heavy atom. The molecule has 2 aromatic rings. The third-order valence-corrected chi connectivity index (χ3v) is 3.22. The Balaban J connectivity index is 2.01. The largest absolute Gasteiger partial charge is 0.444 e. The maximum Gasteiger partial charge on any atom is 0.412 e. The Hall–Kier alpha value is -2.43. The van der Waals surface area contributed by atoms with Crippen molar-refractivity contribution in [2.75, 3.05) is 10.6 Å². The van der Waals surface area contributed by atoms with Gasteiger partial charge in [-0.3, -0.25) is 5.32 Å². The van der Waals surface area contributed by atoms with Gasteiger partial charge in [-0.1, -0.05) is 12.1 Å². The van der Waals surface area contributed by atoms with Crippen LogP contribution in [0.25, 0.3) is 0 Å². The first kappa shape index (κ1) is 16.9. The van der Waals surface area contributed by atoms with Gasteiger partial charge >= 0.3 is 6.09 Å². The topological polar surface area (TPSA) is 55.3 Å². The fourth-order valence-corrected chi connectivity index (χ4v) is 2.15. The molecule has 0 aliphatic rings. The van der Waals surface area contributed by atoms with Crippen LogP contribution < -0.4 is 10.6 Å². The maximum atomic E-state index is 11.9. The van der Waals surface area contributed by atoms with E-state index in [-0.39, 0.29) is 0 Å². The summed E-state index contributed by atoms with van der Waals surface area (Å²) >= 11 is 0. The van der Waals surface area contributed by atoms with Crippen molar-refractivity contribution in [1.29, 1.82) is 0 Å². The number of carbonyl (C=O) groups excluding carboxylic acids is 1. The zero-order valence-electron chi connectivity index (χ0n) is 14.2. The molecule has 0 atom stereocenters. The molecule has 1 aromatic carbocycles. The molecule has 5 nitrogen and oxygen atoms in total. The van der Waals surface area contributed by atoms with E-state index in [1.807, 2.05) is 45.0 Å². The van der Waals surface area contributed by atoms with Crippen LogP contribution in [-0.2, 0) is 17.8 Å². The molecule has 0 spiro atoms. The molecule has 0 bridgehead atoms. The molecule has 2 rings (SSSR count). The van der Waals surface area contributed by atoms with Crippen molar-refractivity contribution >= 4 is 17.5 Å². The fraction of sp³-hybridized carbons (Fsp3) is 0.389. The van der Waals surface area contributed by atoms with E-state index >= 15 is 0 Å². The molecule has 0 saturated heterocycles. The number of para-hydroxylation sites is 2. The number of hydrogen-bond acceptors (Lipinski definition) is 3. The van der Waals surface area contributed by atoms with Crippen molar-refractivity contribution in [3.05, 3.63) is 48.3 Å². The highest BCUT2D eigenvalue weighted by Crippen LogP contribution is 2.22. The first-order valence-electron chi connectivity index (χ1n) is 7.85. The number of amides is 1. The van der Waals surface area contributed by atoms with E-state index in [2.05, 4.69) is 40.6 Å². The van der Waals surface area contributed by atoms with E-state index in [0.717, 1.165) is 12.2 Å². The Labute approximate surface area is 137 Å². The van der Waals surface area contributed by atoms with Crippen LogP contribution in [0.2, 0.25) is 0 Å². The van der Waals surface area contributed by atoms with Gasteiger partial charge in [0.05, 0.1) is 11.4 Å². The summed E-state index contributed by atoms with van der Waals surface area (Å²) in [5, 5.41) is 6.14. The predicted molar refractivity (Wildman–Crippen MR) is 93.7 cm³/mol. The molecule has 0 unspecified atom stereocenters. The van der Waals surface area contributed by atoms with E-state index < -0.39 is 11.7 Å². The smallest absolute Gasteiger partial charge is 0.412 e. The van der Waals surface area contributed by atoms with Gasteiger partial charge in [0.15, 0.2) is 0 Å². The summed E-state index contributed by atoms with van der Waals surface area (Å²) in [6.45, 7) is 9.29. The molecule has 1 heterocycles. The number of benzene rings is 1. The van der Waals surface area contributed by atoms with Gasteiger partial charge in [0.2, 0.25) is 0 Å². The van der Waals surface area contributed by atoms with Gasteiger partial charge in [-0.15, -0.1) is 0 Å². The summed E-state index contributed by atoms with van der Waals surface area (Å²) in [5.41, 5.74) is 2.24. The second kappa shape index (κ2) is 7.22. The Morgan fingerprint density at radius 3 is 2.48 bits per heavy atom. The maximum absolute atomic E-state index is 11.9. The molecule has 0 radical (unpaired) electrons. The van der Waals surface area contributed by atoms with Gasteiger partial charge < -0.3 is 14.6 Å². The lowest BCUT2D eigenvalue weighted by Crippen LogP contribution is -2.27. The second-order valence-corrected chi connectivity index (χ2v) is 6.38. The van der Waals surface area contributed by atoms with Crippen LogP contribution in [0.15, 0.2) is 42.7 Å². The van der Waals surface area contributed by atoms with Crippen molar-refractivity contribution in [2.45, 2.75) is 46.4 Å². The number of aryl methyl sites for hydroxylation is 1. The summed E-state index contributed by atoms with van der Waals surface area (Å²) in [6, 6.07) is 9.68. The SMILES string of the molecule is CCn1ccc(CNc2ccccc2NC(=O)OC(C)(C)C)c1. The second-order valence-electron chi connectivity index (χ2n) is 6.38. The summed E-state index contributed by atoms with van der Waals surface area (Å²) < 4.78 is 7.42. The number of nitrogens with zero attached hydrogens (tertiary/aromatic N) is 1. The number of hydrogen-bond donors (Lipinski definition) is 2. The number of carbonyl (C=O) groups is 1. The first-order valence-corrected chi connectivity index (χ1v) is 7.85. The van der Waals surface area contributed by atoms with Crippen LogP contribution in [-0.4, -0.2) is 16.3 Å². The number of ether oxygens (including phenoxy) is 1. The summed E-state index contributed by atoms with van der Waals surface area (Å²) in [7, 11) is 0. The van der Waals surface area contributed by atoms with E-state index in [0.29, 0.717) is 12.2 Å². The molecule has 5 heteroatoms. The Morgan fingerprint density at radius 1 is 1.17 bits per heavy atom. The van der Waals surface area contributed by atoms with Gasteiger partial charge in [-0.05, 0) is 51.5 Å². The molecular formula is C18H25N3O2. The van der Waals surface area contributed by atoms with Crippen molar-refractivity contribution in [3.8, 4) is 0 Å². The standard InChI is InChI=1S/C18H25N3O2/c1-5-21-11-10-14(13-21)12-19-15-8-6-7-9-16(15)20-17(22)23-18(2,3)4/h6-11,13,19H,5,12H2,1-4H3,(H,20,22). The van der Waals surface area contributed by atoms with E-state index in [1.54, 1.807) is 0 Å². The van der Waals surface area contributed by atoms with Crippen molar-refractivity contribution in [2.24, 2.45) is 0 Å². The molecule has 0 aliphatic heterocycles. The van der Waals surface area contributed by atoms with Crippen LogP contribution in [0.5, 0.6) is 0 Å². The number of aromatic nitrogens is 1. The van der Waals surface area contributed by atoms with Crippen LogP contribution in [0, 0.1) is 0 Å². The molecule has 0 aliphatic carbocycles. The molecule has 124 valence electrons. The Kier molecular flexibility index (Phi) is 5.32. The van der Waals surface area contributed by atoms with Crippen molar-refractivity contribution in [3.63, 3.8) is 0 Å². The van der Waals surface area contributed by atoms with Crippen molar-refractivity contribution in [1.82, 2.24) is 4.57 Å². The molecule has 0 saturated carbocycles. The minimum absolute atomic E-state index is 0.455. The first-order chi connectivity index (χ1) is 10.9. The van der Waals surface area contributed by atoms with Crippen LogP contribution in [0.3, 0.4) is 0 Å². The zero-order chi connectivity index (χ0) is 16.9. The van der Waals surface area contributed by atoms with E-state index in [4.69, 9.17) is 4.74 Å². The highest BCUT2D eigenvalue weighted by atomic mass is 16.6. The third-order valence-electron chi connectivity index (χ3n) is 3.22. The third kappa shape index (κ3) is 5.36. The van der Waals surface area contributed by atoms with Gasteiger partial charge in [-0.2, -0.15) is 0 Å². The minimum Gasteiger partial charge on any atom is -0.444 e. The number of rotatable bonds is 5.